The summed E-state index contributed by atoms with van der Waals surface area (Å²) in [6.45, 7) is 5.16. The van der Waals surface area contributed by atoms with Crippen molar-refractivity contribution < 1.29 is 33.6 Å². The summed E-state index contributed by atoms with van der Waals surface area (Å²) in [5.41, 5.74) is -0.868. The Morgan fingerprint density at radius 3 is 2.57 bits per heavy atom. The van der Waals surface area contributed by atoms with Crippen molar-refractivity contribution >= 4 is 44.0 Å². The van der Waals surface area contributed by atoms with Gasteiger partial charge in [0.1, 0.15) is 35.3 Å². The van der Waals surface area contributed by atoms with Gasteiger partial charge in [0.25, 0.3) is 5.91 Å². The maximum atomic E-state index is 12.8. The highest BCUT2D eigenvalue weighted by Crippen LogP contribution is 2.35. The predicted octanol–water partition coefficient (Wildman–Crippen LogP) is 3.82. The third kappa shape index (κ3) is 4.62. The number of thiophene rings is 1. The van der Waals surface area contributed by atoms with Crippen molar-refractivity contribution in [2.45, 2.75) is 51.0 Å². The van der Waals surface area contributed by atoms with Crippen LogP contribution < -0.4 is 15.7 Å². The van der Waals surface area contributed by atoms with Crippen LogP contribution in [-0.4, -0.2) is 53.4 Å². The number of hydrogen-bond donors (Lipinski definition) is 3. The second kappa shape index (κ2) is 9.55. The van der Waals surface area contributed by atoms with E-state index in [1.54, 1.807) is 45.0 Å². The Bertz CT molecular complexity index is 1510. The fraction of sp³-hybridized carbons (Fsp3) is 0.333. The monoisotopic (exact) mass is 525 g/mol. The topological polar surface area (TPSA) is 127 Å². The van der Waals surface area contributed by atoms with Gasteiger partial charge in [0.15, 0.2) is 0 Å². The lowest BCUT2D eigenvalue weighted by Crippen LogP contribution is -2.63. The molecule has 9 nitrogen and oxygen atoms in total. The molecule has 5 rings (SSSR count). The van der Waals surface area contributed by atoms with E-state index in [0.29, 0.717) is 21.6 Å². The second-order valence-corrected chi connectivity index (χ2v) is 10.6. The van der Waals surface area contributed by atoms with Gasteiger partial charge < -0.3 is 34.2 Å². The van der Waals surface area contributed by atoms with Gasteiger partial charge in [0, 0.05) is 22.8 Å². The minimum absolute atomic E-state index is 0.0181. The summed E-state index contributed by atoms with van der Waals surface area (Å²) in [5, 5.41) is 25.2. The minimum atomic E-state index is -1.37. The highest BCUT2D eigenvalue weighted by molar-refractivity contribution is 7.20. The van der Waals surface area contributed by atoms with E-state index in [-0.39, 0.29) is 11.3 Å². The van der Waals surface area contributed by atoms with Crippen LogP contribution in [0, 0.1) is 6.92 Å². The van der Waals surface area contributed by atoms with Crippen LogP contribution in [0.3, 0.4) is 0 Å². The predicted molar refractivity (Wildman–Crippen MR) is 139 cm³/mol. The summed E-state index contributed by atoms with van der Waals surface area (Å²) in [4.78, 5) is 26.0. The van der Waals surface area contributed by atoms with Crippen LogP contribution in [0.1, 0.15) is 29.1 Å². The lowest BCUT2D eigenvalue weighted by Gasteiger charge is -2.46. The number of rotatable bonds is 5. The molecule has 4 aromatic rings. The summed E-state index contributed by atoms with van der Waals surface area (Å²) >= 11 is 1.34. The third-order valence-electron chi connectivity index (χ3n) is 6.54. The van der Waals surface area contributed by atoms with Gasteiger partial charge in [0.2, 0.25) is 6.29 Å². The largest absolute Gasteiger partial charge is 0.462 e. The number of aliphatic hydroxyl groups is 2. The lowest BCUT2D eigenvalue weighted by atomic mass is 9.89. The fourth-order valence-electron chi connectivity index (χ4n) is 4.63. The molecule has 0 spiro atoms. The Labute approximate surface area is 216 Å². The van der Waals surface area contributed by atoms with Crippen LogP contribution in [0.2, 0.25) is 0 Å². The summed E-state index contributed by atoms with van der Waals surface area (Å²) in [7, 11) is 1.43. The molecule has 0 saturated carbocycles. The van der Waals surface area contributed by atoms with E-state index in [2.05, 4.69) is 5.32 Å². The Morgan fingerprint density at radius 1 is 1.08 bits per heavy atom. The molecule has 4 unspecified atom stereocenters. The summed E-state index contributed by atoms with van der Waals surface area (Å²) < 4.78 is 23.6. The molecule has 4 atom stereocenters. The highest BCUT2D eigenvalue weighted by atomic mass is 32.1. The number of aryl methyl sites for hydroxylation is 1. The number of ether oxygens (including phenoxy) is 3. The number of aliphatic hydroxyl groups excluding tert-OH is 2. The zero-order valence-corrected chi connectivity index (χ0v) is 21.5. The molecule has 194 valence electrons. The van der Waals surface area contributed by atoms with E-state index < -0.39 is 41.7 Å². The molecule has 1 fully saturated rings. The van der Waals surface area contributed by atoms with E-state index in [1.807, 2.05) is 24.3 Å². The Kier molecular flexibility index (Phi) is 6.55. The molecule has 3 heterocycles. The van der Waals surface area contributed by atoms with Gasteiger partial charge in [-0.3, -0.25) is 4.79 Å². The van der Waals surface area contributed by atoms with Gasteiger partial charge in [-0.05, 0) is 56.5 Å². The standard InChI is InChI=1S/C27H27NO8S/c1-13-17(34-26-21(30)20(29)23(33-4)27(2,3)36-26)10-9-15-11-16(25(32)35-22(13)15)28-24(31)19-12-14-7-5-6-8-18(14)37-19/h5-12,20-21,23,26,29-30H,1-4H3,(H,28,31). The number of carbonyl (C=O) groups excluding carboxylic acids is 1. The molecule has 2 aromatic carbocycles. The van der Waals surface area contributed by atoms with Gasteiger partial charge in [-0.15, -0.1) is 11.3 Å². The molecule has 37 heavy (non-hydrogen) atoms. The maximum absolute atomic E-state index is 12.8. The molecule has 0 aliphatic carbocycles. The van der Waals surface area contributed by atoms with Crippen molar-refractivity contribution in [1.82, 2.24) is 0 Å². The van der Waals surface area contributed by atoms with E-state index >= 15 is 0 Å². The van der Waals surface area contributed by atoms with Gasteiger partial charge in [-0.1, -0.05) is 18.2 Å². The average molecular weight is 526 g/mol. The van der Waals surface area contributed by atoms with Crippen molar-refractivity contribution in [3.63, 3.8) is 0 Å². The van der Waals surface area contributed by atoms with E-state index in [0.717, 1.165) is 10.1 Å². The highest BCUT2D eigenvalue weighted by Gasteiger charge is 2.50. The molecule has 2 aromatic heterocycles. The van der Waals surface area contributed by atoms with Crippen molar-refractivity contribution in [2.24, 2.45) is 0 Å². The van der Waals surface area contributed by atoms with E-state index in [4.69, 9.17) is 18.6 Å². The Morgan fingerprint density at radius 2 is 1.84 bits per heavy atom. The molecule has 0 radical (unpaired) electrons. The number of anilines is 1. The number of benzene rings is 2. The van der Waals surface area contributed by atoms with Crippen LogP contribution in [0.5, 0.6) is 5.75 Å². The number of amides is 1. The van der Waals surface area contributed by atoms with Gasteiger partial charge >= 0.3 is 5.63 Å². The second-order valence-electron chi connectivity index (χ2n) is 9.50. The molecule has 1 saturated heterocycles. The van der Waals surface area contributed by atoms with Crippen molar-refractivity contribution in [3.8, 4) is 5.75 Å². The van der Waals surface area contributed by atoms with Crippen LogP contribution in [0.15, 0.2) is 57.7 Å². The SMILES string of the molecule is COC1C(O)C(O)C(Oc2ccc3cc(NC(=O)c4cc5ccccc5s4)c(=O)oc3c2C)OC1(C)C. The van der Waals surface area contributed by atoms with Crippen LogP contribution >= 0.6 is 11.3 Å². The molecule has 0 bridgehead atoms. The van der Waals surface area contributed by atoms with Crippen molar-refractivity contribution in [2.75, 3.05) is 12.4 Å². The third-order valence-corrected chi connectivity index (χ3v) is 7.65. The first-order chi connectivity index (χ1) is 17.6. The molecule has 1 amide bonds. The molecule has 1 aliphatic rings. The zero-order valence-electron chi connectivity index (χ0n) is 20.7. The quantitative estimate of drug-likeness (QED) is 0.336. The first kappa shape index (κ1) is 25.4. The zero-order chi connectivity index (χ0) is 26.5. The Balaban J connectivity index is 1.40. The van der Waals surface area contributed by atoms with Gasteiger partial charge in [0.05, 0.1) is 10.5 Å². The summed E-state index contributed by atoms with van der Waals surface area (Å²) in [6, 6.07) is 14.3. The van der Waals surface area contributed by atoms with Crippen LogP contribution in [0.25, 0.3) is 21.1 Å². The normalized spacial score (nSPS) is 23.3. The van der Waals surface area contributed by atoms with Crippen LogP contribution in [0.4, 0.5) is 5.69 Å². The first-order valence-corrected chi connectivity index (χ1v) is 12.5. The number of hydrogen-bond acceptors (Lipinski definition) is 9. The molecular formula is C27H27NO8S. The summed E-state index contributed by atoms with van der Waals surface area (Å²) in [5.74, 6) is -0.0934. The number of carbonyl (C=O) groups is 1. The Hall–Kier alpha value is -3.28. The number of fused-ring (bicyclic) bond motifs is 2. The maximum Gasteiger partial charge on any atom is 0.360 e. The molecule has 3 N–H and O–H groups in total. The number of nitrogens with one attached hydrogen (secondary N) is 1. The van der Waals surface area contributed by atoms with Crippen LogP contribution in [-0.2, 0) is 9.47 Å². The summed E-state index contributed by atoms with van der Waals surface area (Å²) in [6.07, 6.45) is -4.53. The smallest absolute Gasteiger partial charge is 0.360 e. The first-order valence-electron chi connectivity index (χ1n) is 11.7. The van der Waals surface area contributed by atoms with E-state index in [1.165, 1.54) is 18.4 Å². The minimum Gasteiger partial charge on any atom is -0.462 e. The molecular weight excluding hydrogens is 498 g/mol. The van der Waals surface area contributed by atoms with Gasteiger partial charge in [-0.25, -0.2) is 4.79 Å². The molecule has 1 aliphatic heterocycles. The van der Waals surface area contributed by atoms with Crippen molar-refractivity contribution in [3.05, 3.63) is 69.4 Å². The van der Waals surface area contributed by atoms with E-state index in [9.17, 15) is 19.8 Å². The van der Waals surface area contributed by atoms with Gasteiger partial charge in [-0.2, -0.15) is 0 Å². The lowest BCUT2D eigenvalue weighted by molar-refractivity contribution is -0.306. The number of methoxy groups -OCH3 is 1. The molecule has 10 heteroatoms. The fourth-order valence-corrected chi connectivity index (χ4v) is 5.59. The average Bonchev–Trinajstić information content (AvgIpc) is 3.30. The van der Waals surface area contributed by atoms with Crippen molar-refractivity contribution in [1.29, 1.82) is 0 Å².